The smallest absolute Gasteiger partial charge is 0.339 e. The van der Waals surface area contributed by atoms with Gasteiger partial charge in [0.1, 0.15) is 11.2 Å². The first-order valence-electron chi connectivity index (χ1n) is 12.3. The molecule has 6 rings (SSSR count). The van der Waals surface area contributed by atoms with Crippen LogP contribution in [0.1, 0.15) is 33.4 Å². The van der Waals surface area contributed by atoms with Gasteiger partial charge in [0.25, 0.3) is 0 Å². The van der Waals surface area contributed by atoms with Gasteiger partial charge in [0.05, 0.1) is 0 Å². The van der Waals surface area contributed by atoms with Crippen LogP contribution in [0.2, 0.25) is 0 Å². The Morgan fingerprint density at radius 3 is 1.30 bits per heavy atom. The summed E-state index contributed by atoms with van der Waals surface area (Å²) in [6.07, 6.45) is 1.77. The quantitative estimate of drug-likeness (QED) is 0.248. The molecule has 0 aliphatic rings. The van der Waals surface area contributed by atoms with E-state index >= 15 is 0 Å². The van der Waals surface area contributed by atoms with E-state index in [0.29, 0.717) is 41.6 Å². The molecule has 0 N–H and O–H groups in total. The largest absolute Gasteiger partial charge is 0.423 e. The monoisotopic (exact) mass is 484 g/mol. The highest BCUT2D eigenvalue weighted by atomic mass is 16.4. The van der Waals surface area contributed by atoms with Gasteiger partial charge in [-0.1, -0.05) is 72.8 Å². The maximum absolute atomic E-state index is 12.5. The van der Waals surface area contributed by atoms with Crippen LogP contribution in [0.5, 0.6) is 0 Å². The Kier molecular flexibility index (Phi) is 5.99. The van der Waals surface area contributed by atoms with Gasteiger partial charge < -0.3 is 8.83 Å². The van der Waals surface area contributed by atoms with Crippen LogP contribution in [-0.2, 0) is 19.3 Å². The summed E-state index contributed by atoms with van der Waals surface area (Å²) in [4.78, 5) is 25.0. The molecule has 0 bridgehead atoms. The average Bonchev–Trinajstić information content (AvgIpc) is 2.91. The minimum absolute atomic E-state index is 0.300. The molecule has 0 fully saturated rings. The molecule has 4 nitrogen and oxygen atoms in total. The maximum Gasteiger partial charge on any atom is 0.339 e. The molecular formula is C33H24O4. The lowest BCUT2D eigenvalue weighted by atomic mass is 9.99. The van der Waals surface area contributed by atoms with Crippen molar-refractivity contribution in [1.82, 2.24) is 0 Å². The summed E-state index contributed by atoms with van der Waals surface area (Å²) in [5, 5.41) is 1.81. The molecule has 37 heavy (non-hydrogen) atoms. The van der Waals surface area contributed by atoms with Crippen molar-refractivity contribution in [2.45, 2.75) is 19.3 Å². The summed E-state index contributed by atoms with van der Waals surface area (Å²) in [7, 11) is 0. The summed E-state index contributed by atoms with van der Waals surface area (Å²) in [6, 6.07) is 35.5. The average molecular weight is 485 g/mol. The molecular weight excluding hydrogens is 460 g/mol. The van der Waals surface area contributed by atoms with E-state index in [2.05, 4.69) is 12.1 Å². The zero-order chi connectivity index (χ0) is 25.2. The van der Waals surface area contributed by atoms with Crippen LogP contribution in [0.15, 0.2) is 128 Å². The lowest BCUT2D eigenvalue weighted by molar-refractivity contribution is 0.552. The van der Waals surface area contributed by atoms with E-state index in [-0.39, 0.29) is 11.3 Å². The van der Waals surface area contributed by atoms with E-state index in [1.807, 2.05) is 97.1 Å². The van der Waals surface area contributed by atoms with Gasteiger partial charge >= 0.3 is 11.3 Å². The van der Waals surface area contributed by atoms with Crippen molar-refractivity contribution < 1.29 is 8.83 Å². The van der Waals surface area contributed by atoms with Gasteiger partial charge in [0.15, 0.2) is 0 Å². The summed E-state index contributed by atoms with van der Waals surface area (Å²) in [5.41, 5.74) is 6.19. The van der Waals surface area contributed by atoms with Crippen molar-refractivity contribution in [1.29, 1.82) is 0 Å². The van der Waals surface area contributed by atoms with Crippen molar-refractivity contribution in [2.24, 2.45) is 0 Å². The predicted molar refractivity (Wildman–Crippen MR) is 146 cm³/mol. The minimum atomic E-state index is -0.300. The van der Waals surface area contributed by atoms with Crippen molar-refractivity contribution in [3.63, 3.8) is 0 Å². The first-order chi connectivity index (χ1) is 18.1. The van der Waals surface area contributed by atoms with E-state index in [1.54, 1.807) is 0 Å². The van der Waals surface area contributed by atoms with Crippen LogP contribution >= 0.6 is 0 Å². The van der Waals surface area contributed by atoms with Crippen molar-refractivity contribution in [2.75, 3.05) is 0 Å². The van der Waals surface area contributed by atoms with Gasteiger partial charge in [-0.2, -0.15) is 0 Å². The van der Waals surface area contributed by atoms with Crippen LogP contribution in [-0.4, -0.2) is 0 Å². The fraction of sp³-hybridized carbons (Fsp3) is 0.0909. The lowest BCUT2D eigenvalue weighted by Crippen LogP contribution is -2.08. The van der Waals surface area contributed by atoms with Crippen molar-refractivity contribution in [3.8, 4) is 0 Å². The SMILES string of the molecule is O=c1oc2ccc(Cc3ccc4oc(=O)c(Cc5ccccc5)cc4c3)cc2cc1Cc1ccccc1. The first kappa shape index (κ1) is 22.7. The maximum atomic E-state index is 12.5. The van der Waals surface area contributed by atoms with Crippen molar-refractivity contribution in [3.05, 3.63) is 163 Å². The van der Waals surface area contributed by atoms with Gasteiger partial charge in [-0.05, 0) is 65.1 Å². The molecule has 0 aliphatic heterocycles. The van der Waals surface area contributed by atoms with Gasteiger partial charge in [0.2, 0.25) is 0 Å². The molecule has 0 unspecified atom stereocenters. The molecule has 2 aromatic heterocycles. The summed E-state index contributed by atoms with van der Waals surface area (Å²) < 4.78 is 11.2. The van der Waals surface area contributed by atoms with Crippen LogP contribution in [0.4, 0.5) is 0 Å². The molecule has 0 saturated carbocycles. The Labute approximate surface area is 213 Å². The van der Waals surface area contributed by atoms with Crippen molar-refractivity contribution >= 4 is 21.9 Å². The number of hydrogen-bond acceptors (Lipinski definition) is 4. The van der Waals surface area contributed by atoms with E-state index in [4.69, 9.17) is 8.83 Å². The Morgan fingerprint density at radius 2 is 0.865 bits per heavy atom. The number of rotatable bonds is 6. The lowest BCUT2D eigenvalue weighted by Gasteiger charge is -2.08. The highest BCUT2D eigenvalue weighted by Crippen LogP contribution is 2.22. The number of benzene rings is 4. The third-order valence-electron chi connectivity index (χ3n) is 6.62. The molecule has 2 heterocycles. The standard InChI is InChI=1S/C33H24O4/c34-32-28(16-22-7-3-1-4-8-22)20-26-18-24(11-13-30(26)36-32)15-25-12-14-31-27(19-25)21-29(33(35)37-31)17-23-9-5-2-6-10-23/h1-14,18-21H,15-17H2. The molecule has 4 heteroatoms. The highest BCUT2D eigenvalue weighted by molar-refractivity contribution is 5.79. The Hall–Kier alpha value is -4.70. The van der Waals surface area contributed by atoms with Gasteiger partial charge in [0, 0.05) is 34.7 Å². The summed E-state index contributed by atoms with van der Waals surface area (Å²) in [5.74, 6) is 0. The molecule has 0 atom stereocenters. The normalized spacial score (nSPS) is 11.2. The van der Waals surface area contributed by atoms with Crippen LogP contribution in [0, 0.1) is 0 Å². The summed E-state index contributed by atoms with van der Waals surface area (Å²) >= 11 is 0. The third kappa shape index (κ3) is 5.00. The van der Waals surface area contributed by atoms with Crippen LogP contribution in [0.25, 0.3) is 21.9 Å². The van der Waals surface area contributed by atoms with Gasteiger partial charge in [-0.15, -0.1) is 0 Å². The molecule has 0 saturated heterocycles. The van der Waals surface area contributed by atoms with E-state index in [9.17, 15) is 9.59 Å². The number of hydrogen-bond donors (Lipinski definition) is 0. The third-order valence-corrected chi connectivity index (χ3v) is 6.62. The fourth-order valence-corrected chi connectivity index (χ4v) is 4.77. The zero-order valence-electron chi connectivity index (χ0n) is 20.1. The Bertz CT molecular complexity index is 1690. The van der Waals surface area contributed by atoms with E-state index in [1.165, 1.54) is 0 Å². The fourth-order valence-electron chi connectivity index (χ4n) is 4.77. The Morgan fingerprint density at radius 1 is 0.432 bits per heavy atom. The molecule has 4 aromatic carbocycles. The molecule has 180 valence electrons. The van der Waals surface area contributed by atoms with Crippen LogP contribution in [0.3, 0.4) is 0 Å². The molecule has 0 amide bonds. The minimum Gasteiger partial charge on any atom is -0.423 e. The molecule has 0 radical (unpaired) electrons. The van der Waals surface area contributed by atoms with Gasteiger partial charge in [-0.25, -0.2) is 9.59 Å². The second-order valence-electron chi connectivity index (χ2n) is 9.36. The predicted octanol–water partition coefficient (Wildman–Crippen LogP) is 6.67. The zero-order valence-corrected chi connectivity index (χ0v) is 20.1. The molecule has 0 spiro atoms. The topological polar surface area (TPSA) is 60.4 Å². The highest BCUT2D eigenvalue weighted by Gasteiger charge is 2.10. The Balaban J connectivity index is 1.29. The second kappa shape index (κ2) is 9.75. The van der Waals surface area contributed by atoms with Crippen LogP contribution < -0.4 is 11.3 Å². The summed E-state index contributed by atoms with van der Waals surface area (Å²) in [6.45, 7) is 0. The van der Waals surface area contributed by atoms with Gasteiger partial charge in [-0.3, -0.25) is 0 Å². The molecule has 0 aliphatic carbocycles. The van der Waals surface area contributed by atoms with E-state index < -0.39 is 0 Å². The van der Waals surface area contributed by atoms with E-state index in [0.717, 1.165) is 33.0 Å². The second-order valence-corrected chi connectivity index (χ2v) is 9.36. The molecule has 6 aromatic rings. The number of fused-ring (bicyclic) bond motifs is 2. The first-order valence-corrected chi connectivity index (χ1v) is 12.3.